The average molecular weight is 194 g/mol. The number of nitrogens with two attached hydrogens (primary N) is 2. The van der Waals surface area contributed by atoms with Crippen LogP contribution in [0.15, 0.2) is 6.07 Å². The lowest BCUT2D eigenvalue weighted by atomic mass is 10.4. The minimum absolute atomic E-state index is 0.0298. The van der Waals surface area contributed by atoms with Gasteiger partial charge in [0.2, 0.25) is 0 Å². The van der Waals surface area contributed by atoms with E-state index in [1.807, 2.05) is 0 Å². The Morgan fingerprint density at radius 1 is 1.46 bits per heavy atom. The second kappa shape index (κ2) is 3.25. The standard InChI is InChI=1S/C6H9F3N4/c7-6(8,9)4-3-5(11)13(12-4)2-1-10/h3H,1-2,10-11H2. The summed E-state index contributed by atoms with van der Waals surface area (Å²) in [5, 5.41) is 3.26. The molecule has 0 aromatic carbocycles. The van der Waals surface area contributed by atoms with Crippen LogP contribution >= 0.6 is 0 Å². The molecule has 0 saturated carbocycles. The van der Waals surface area contributed by atoms with Crippen molar-refractivity contribution < 1.29 is 13.2 Å². The van der Waals surface area contributed by atoms with Crippen LogP contribution in [0.4, 0.5) is 19.0 Å². The summed E-state index contributed by atoms with van der Waals surface area (Å²) < 4.78 is 37.2. The smallest absolute Gasteiger partial charge is 0.384 e. The van der Waals surface area contributed by atoms with Crippen LogP contribution in [0.1, 0.15) is 5.69 Å². The molecule has 0 fully saturated rings. The first kappa shape index (κ1) is 9.85. The molecule has 0 saturated heterocycles. The van der Waals surface area contributed by atoms with E-state index in [-0.39, 0.29) is 18.9 Å². The summed E-state index contributed by atoms with van der Waals surface area (Å²) in [7, 11) is 0. The average Bonchev–Trinajstić information content (AvgIpc) is 2.32. The van der Waals surface area contributed by atoms with Crippen LogP contribution in [0.2, 0.25) is 0 Å². The van der Waals surface area contributed by atoms with Gasteiger partial charge in [-0.3, -0.25) is 0 Å². The SMILES string of the molecule is NCCn1nc(C(F)(F)F)cc1N. The Morgan fingerprint density at radius 3 is 2.46 bits per heavy atom. The molecular weight excluding hydrogens is 185 g/mol. The minimum Gasteiger partial charge on any atom is -0.384 e. The zero-order valence-corrected chi connectivity index (χ0v) is 6.67. The molecule has 13 heavy (non-hydrogen) atoms. The highest BCUT2D eigenvalue weighted by Crippen LogP contribution is 2.28. The summed E-state index contributed by atoms with van der Waals surface area (Å²) >= 11 is 0. The minimum atomic E-state index is -4.45. The summed E-state index contributed by atoms with van der Waals surface area (Å²) in [5.74, 6) is -0.0298. The highest BCUT2D eigenvalue weighted by atomic mass is 19.4. The van der Waals surface area contributed by atoms with Gasteiger partial charge in [0.1, 0.15) is 5.82 Å². The summed E-state index contributed by atoms with van der Waals surface area (Å²) in [6.07, 6.45) is -4.45. The maximum atomic E-state index is 12.1. The van der Waals surface area contributed by atoms with E-state index < -0.39 is 11.9 Å². The lowest BCUT2D eigenvalue weighted by Gasteiger charge is -2.01. The van der Waals surface area contributed by atoms with Gasteiger partial charge < -0.3 is 11.5 Å². The van der Waals surface area contributed by atoms with Crippen LogP contribution in [0.25, 0.3) is 0 Å². The van der Waals surface area contributed by atoms with Crippen molar-refractivity contribution in [3.05, 3.63) is 11.8 Å². The topological polar surface area (TPSA) is 69.9 Å². The number of hydrogen-bond acceptors (Lipinski definition) is 3. The fourth-order valence-electron chi connectivity index (χ4n) is 0.871. The Morgan fingerprint density at radius 2 is 2.08 bits per heavy atom. The molecule has 0 unspecified atom stereocenters. The molecule has 1 heterocycles. The number of aromatic nitrogens is 2. The van der Waals surface area contributed by atoms with Crippen LogP contribution in [-0.2, 0) is 12.7 Å². The summed E-state index contributed by atoms with van der Waals surface area (Å²) in [4.78, 5) is 0. The van der Waals surface area contributed by atoms with Crippen LogP contribution in [0.5, 0.6) is 0 Å². The molecule has 0 atom stereocenters. The quantitative estimate of drug-likeness (QED) is 0.717. The predicted octanol–water partition coefficient (Wildman–Crippen LogP) is 0.443. The molecule has 0 bridgehead atoms. The molecule has 0 aliphatic rings. The van der Waals surface area contributed by atoms with Crippen LogP contribution in [0.3, 0.4) is 0 Å². The molecule has 0 radical (unpaired) electrons. The number of nitrogens with zero attached hydrogens (tertiary/aromatic N) is 2. The van der Waals surface area contributed by atoms with Crippen molar-refractivity contribution in [2.24, 2.45) is 5.73 Å². The van der Waals surface area contributed by atoms with Gasteiger partial charge in [0, 0.05) is 12.6 Å². The van der Waals surface area contributed by atoms with E-state index in [9.17, 15) is 13.2 Å². The van der Waals surface area contributed by atoms with Gasteiger partial charge in [-0.1, -0.05) is 0 Å². The van der Waals surface area contributed by atoms with Crippen molar-refractivity contribution in [2.75, 3.05) is 12.3 Å². The maximum absolute atomic E-state index is 12.1. The van der Waals surface area contributed by atoms with Crippen molar-refractivity contribution in [3.63, 3.8) is 0 Å². The summed E-state index contributed by atoms with van der Waals surface area (Å²) in [6, 6.07) is 0.787. The number of rotatable bonds is 2. The van der Waals surface area contributed by atoms with E-state index in [2.05, 4.69) is 5.10 Å². The van der Waals surface area contributed by atoms with E-state index in [1.54, 1.807) is 0 Å². The Bertz CT molecular complexity index is 291. The summed E-state index contributed by atoms with van der Waals surface area (Å²) in [6.45, 7) is 0.380. The van der Waals surface area contributed by atoms with Gasteiger partial charge in [0.15, 0.2) is 5.69 Å². The Hall–Kier alpha value is -1.24. The Labute approximate surface area is 72.3 Å². The van der Waals surface area contributed by atoms with Crippen molar-refractivity contribution in [1.82, 2.24) is 9.78 Å². The molecule has 74 valence electrons. The zero-order chi connectivity index (χ0) is 10.1. The maximum Gasteiger partial charge on any atom is 0.435 e. The molecule has 0 spiro atoms. The van der Waals surface area contributed by atoms with Gasteiger partial charge >= 0.3 is 6.18 Å². The second-order valence-electron chi connectivity index (χ2n) is 2.46. The van der Waals surface area contributed by atoms with Crippen molar-refractivity contribution >= 4 is 5.82 Å². The Kier molecular flexibility index (Phi) is 2.46. The molecule has 0 aliphatic carbocycles. The highest BCUT2D eigenvalue weighted by molar-refractivity contribution is 5.31. The molecule has 1 rings (SSSR count). The molecular formula is C6H9F3N4. The van der Waals surface area contributed by atoms with Gasteiger partial charge in [-0.2, -0.15) is 18.3 Å². The second-order valence-corrected chi connectivity index (χ2v) is 2.46. The monoisotopic (exact) mass is 194 g/mol. The number of halogens is 3. The molecule has 0 aliphatic heterocycles. The normalized spacial score (nSPS) is 12.0. The van der Waals surface area contributed by atoms with Crippen LogP contribution < -0.4 is 11.5 Å². The van der Waals surface area contributed by atoms with Gasteiger partial charge in [0.05, 0.1) is 6.54 Å². The van der Waals surface area contributed by atoms with E-state index in [1.165, 1.54) is 0 Å². The Balaban J connectivity index is 2.95. The van der Waals surface area contributed by atoms with E-state index in [4.69, 9.17) is 11.5 Å². The van der Waals surface area contributed by atoms with Crippen LogP contribution in [0, 0.1) is 0 Å². The first-order valence-electron chi connectivity index (χ1n) is 3.55. The molecule has 0 amide bonds. The van der Waals surface area contributed by atoms with Crippen LogP contribution in [-0.4, -0.2) is 16.3 Å². The number of alkyl halides is 3. The molecule has 4 nitrogen and oxygen atoms in total. The molecule has 4 N–H and O–H groups in total. The van der Waals surface area contributed by atoms with Crippen molar-refractivity contribution in [3.8, 4) is 0 Å². The van der Waals surface area contributed by atoms with Crippen molar-refractivity contribution in [2.45, 2.75) is 12.7 Å². The van der Waals surface area contributed by atoms with Gasteiger partial charge in [0.25, 0.3) is 0 Å². The first-order valence-corrected chi connectivity index (χ1v) is 3.55. The number of hydrogen-bond donors (Lipinski definition) is 2. The van der Waals surface area contributed by atoms with E-state index >= 15 is 0 Å². The third-order valence-corrected chi connectivity index (χ3v) is 1.44. The summed E-state index contributed by atoms with van der Waals surface area (Å²) in [5.41, 5.74) is 9.43. The highest BCUT2D eigenvalue weighted by Gasteiger charge is 2.34. The zero-order valence-electron chi connectivity index (χ0n) is 6.67. The van der Waals surface area contributed by atoms with Gasteiger partial charge in [-0.25, -0.2) is 4.68 Å². The van der Waals surface area contributed by atoms with Gasteiger partial charge in [-0.05, 0) is 0 Å². The molecule has 1 aromatic rings. The third kappa shape index (κ3) is 2.11. The largest absolute Gasteiger partial charge is 0.435 e. The predicted molar refractivity (Wildman–Crippen MR) is 40.7 cm³/mol. The lowest BCUT2D eigenvalue weighted by Crippen LogP contribution is -2.14. The number of anilines is 1. The molecule has 7 heteroatoms. The van der Waals surface area contributed by atoms with Crippen molar-refractivity contribution in [1.29, 1.82) is 0 Å². The first-order chi connectivity index (χ1) is 5.95. The molecule has 1 aromatic heterocycles. The van der Waals surface area contributed by atoms with E-state index in [0.29, 0.717) is 0 Å². The third-order valence-electron chi connectivity index (χ3n) is 1.44. The fourth-order valence-corrected chi connectivity index (χ4v) is 0.871. The fraction of sp³-hybridized carbons (Fsp3) is 0.500. The number of nitrogen functional groups attached to an aromatic ring is 1. The lowest BCUT2D eigenvalue weighted by molar-refractivity contribution is -0.141. The van der Waals surface area contributed by atoms with E-state index in [0.717, 1.165) is 10.7 Å². The van der Waals surface area contributed by atoms with Gasteiger partial charge in [-0.15, -0.1) is 0 Å².